The van der Waals surface area contributed by atoms with Crippen LogP contribution in [0.25, 0.3) is 0 Å². The third-order valence-corrected chi connectivity index (χ3v) is 3.08. The normalized spacial score (nSPS) is 10.4. The molecule has 0 aliphatic rings. The number of hydrogen-bond donors (Lipinski definition) is 0. The molecular weight excluding hydrogens is 270 g/mol. The lowest BCUT2D eigenvalue weighted by atomic mass is 10.2. The first kappa shape index (κ1) is 15.0. The van der Waals surface area contributed by atoms with Gasteiger partial charge in [0.05, 0.1) is 13.7 Å². The van der Waals surface area contributed by atoms with Crippen molar-refractivity contribution in [1.29, 1.82) is 0 Å². The van der Waals surface area contributed by atoms with Gasteiger partial charge in [-0.1, -0.05) is 6.92 Å². The standard InChI is InChI=1S/C14H19N5O2/c1-4-7-19-10-16-17-12(19)9-18(2)14(20)11-5-6-15-13(8-11)21-3/h5-6,8,10H,4,7,9H2,1-3H3. The molecule has 0 atom stereocenters. The molecular formula is C14H19N5O2. The molecule has 21 heavy (non-hydrogen) atoms. The number of carbonyl (C=O) groups is 1. The summed E-state index contributed by atoms with van der Waals surface area (Å²) < 4.78 is 6.99. The molecule has 2 aromatic heterocycles. The predicted octanol–water partition coefficient (Wildman–Crippen LogP) is 1.36. The zero-order valence-electron chi connectivity index (χ0n) is 12.5. The number of ether oxygens (including phenoxy) is 1. The highest BCUT2D eigenvalue weighted by Crippen LogP contribution is 2.12. The van der Waals surface area contributed by atoms with Gasteiger partial charge in [-0.2, -0.15) is 0 Å². The van der Waals surface area contributed by atoms with Crippen LogP contribution in [0.4, 0.5) is 0 Å². The first-order valence-electron chi connectivity index (χ1n) is 6.78. The molecule has 0 aliphatic carbocycles. The molecule has 0 aliphatic heterocycles. The minimum absolute atomic E-state index is 0.109. The molecule has 7 heteroatoms. The highest BCUT2D eigenvalue weighted by Gasteiger charge is 2.15. The number of amides is 1. The van der Waals surface area contributed by atoms with E-state index in [9.17, 15) is 4.79 Å². The van der Waals surface area contributed by atoms with E-state index in [1.165, 1.54) is 7.11 Å². The quantitative estimate of drug-likeness (QED) is 0.803. The van der Waals surface area contributed by atoms with Gasteiger partial charge in [0.1, 0.15) is 6.33 Å². The van der Waals surface area contributed by atoms with Crippen molar-refractivity contribution in [1.82, 2.24) is 24.6 Å². The molecule has 2 heterocycles. The smallest absolute Gasteiger partial charge is 0.254 e. The molecule has 7 nitrogen and oxygen atoms in total. The van der Waals surface area contributed by atoms with Gasteiger partial charge in [-0.05, 0) is 12.5 Å². The molecule has 1 amide bonds. The van der Waals surface area contributed by atoms with Gasteiger partial charge in [-0.25, -0.2) is 4.98 Å². The molecule has 0 unspecified atom stereocenters. The lowest BCUT2D eigenvalue weighted by molar-refractivity contribution is 0.0779. The second-order valence-electron chi connectivity index (χ2n) is 4.69. The Kier molecular flexibility index (Phi) is 4.86. The molecule has 0 saturated heterocycles. The number of aromatic nitrogens is 4. The van der Waals surface area contributed by atoms with Crippen LogP contribution in [0.5, 0.6) is 5.88 Å². The van der Waals surface area contributed by atoms with Gasteiger partial charge >= 0.3 is 0 Å². The second-order valence-corrected chi connectivity index (χ2v) is 4.69. The van der Waals surface area contributed by atoms with Gasteiger partial charge < -0.3 is 14.2 Å². The van der Waals surface area contributed by atoms with Crippen LogP contribution in [0, 0.1) is 0 Å². The van der Waals surface area contributed by atoms with Crippen molar-refractivity contribution in [2.75, 3.05) is 14.2 Å². The van der Waals surface area contributed by atoms with Gasteiger partial charge in [0.2, 0.25) is 5.88 Å². The Labute approximate surface area is 123 Å². The van der Waals surface area contributed by atoms with Gasteiger partial charge in [-0.3, -0.25) is 4.79 Å². The van der Waals surface area contributed by atoms with E-state index in [1.807, 2.05) is 4.57 Å². The van der Waals surface area contributed by atoms with Crippen molar-refractivity contribution in [2.45, 2.75) is 26.4 Å². The maximum Gasteiger partial charge on any atom is 0.254 e. The topological polar surface area (TPSA) is 73.1 Å². The Bertz CT molecular complexity index is 611. The summed E-state index contributed by atoms with van der Waals surface area (Å²) in [6.07, 6.45) is 4.23. The van der Waals surface area contributed by atoms with Gasteiger partial charge in [0.15, 0.2) is 5.82 Å². The fourth-order valence-corrected chi connectivity index (χ4v) is 1.99. The Morgan fingerprint density at radius 2 is 2.29 bits per heavy atom. The van der Waals surface area contributed by atoms with Crippen LogP contribution < -0.4 is 4.74 Å². The van der Waals surface area contributed by atoms with E-state index in [2.05, 4.69) is 22.1 Å². The van der Waals surface area contributed by atoms with E-state index in [-0.39, 0.29) is 5.91 Å². The Morgan fingerprint density at radius 1 is 1.48 bits per heavy atom. The van der Waals surface area contributed by atoms with E-state index < -0.39 is 0 Å². The van der Waals surface area contributed by atoms with Crippen LogP contribution in [-0.4, -0.2) is 44.7 Å². The highest BCUT2D eigenvalue weighted by atomic mass is 16.5. The summed E-state index contributed by atoms with van der Waals surface area (Å²) in [6, 6.07) is 3.29. The summed E-state index contributed by atoms with van der Waals surface area (Å²) in [5, 5.41) is 7.96. The van der Waals surface area contributed by atoms with Crippen molar-refractivity contribution in [2.24, 2.45) is 0 Å². The van der Waals surface area contributed by atoms with Gasteiger partial charge in [-0.15, -0.1) is 10.2 Å². The van der Waals surface area contributed by atoms with Crippen LogP contribution in [0.3, 0.4) is 0 Å². The third kappa shape index (κ3) is 3.56. The van der Waals surface area contributed by atoms with Crippen LogP contribution in [0.15, 0.2) is 24.7 Å². The summed E-state index contributed by atoms with van der Waals surface area (Å²) in [5.74, 6) is 1.08. The highest BCUT2D eigenvalue weighted by molar-refractivity contribution is 5.94. The molecule has 0 saturated carbocycles. The van der Waals surface area contributed by atoms with Crippen molar-refractivity contribution in [3.05, 3.63) is 36.0 Å². The molecule has 0 fully saturated rings. The number of aryl methyl sites for hydroxylation is 1. The van der Waals surface area contributed by atoms with Crippen molar-refractivity contribution < 1.29 is 9.53 Å². The van der Waals surface area contributed by atoms with Crippen LogP contribution in [0.1, 0.15) is 29.5 Å². The first-order valence-corrected chi connectivity index (χ1v) is 6.78. The monoisotopic (exact) mass is 289 g/mol. The van der Waals surface area contributed by atoms with E-state index in [0.717, 1.165) is 18.8 Å². The summed E-state index contributed by atoms with van der Waals surface area (Å²) in [7, 11) is 3.26. The minimum atomic E-state index is -0.109. The van der Waals surface area contributed by atoms with Crippen LogP contribution in [-0.2, 0) is 13.1 Å². The summed E-state index contributed by atoms with van der Waals surface area (Å²) in [5.41, 5.74) is 0.533. The van der Waals surface area contributed by atoms with E-state index in [1.54, 1.807) is 36.6 Å². The fourth-order valence-electron chi connectivity index (χ4n) is 1.99. The molecule has 112 valence electrons. The minimum Gasteiger partial charge on any atom is -0.481 e. The van der Waals surface area contributed by atoms with E-state index >= 15 is 0 Å². The summed E-state index contributed by atoms with van der Waals surface area (Å²) >= 11 is 0. The lowest BCUT2D eigenvalue weighted by Gasteiger charge is -2.17. The Balaban J connectivity index is 2.10. The van der Waals surface area contributed by atoms with Crippen molar-refractivity contribution in [3.8, 4) is 5.88 Å². The van der Waals surface area contributed by atoms with Gasteiger partial charge in [0.25, 0.3) is 5.91 Å². The molecule has 2 aromatic rings. The number of methoxy groups -OCH3 is 1. The van der Waals surface area contributed by atoms with E-state index in [0.29, 0.717) is 18.0 Å². The maximum atomic E-state index is 12.4. The number of hydrogen-bond acceptors (Lipinski definition) is 5. The SMILES string of the molecule is CCCn1cnnc1CN(C)C(=O)c1ccnc(OC)c1. The zero-order valence-corrected chi connectivity index (χ0v) is 12.5. The number of rotatable bonds is 6. The molecule has 0 spiro atoms. The molecule has 0 aromatic carbocycles. The molecule has 2 rings (SSSR count). The van der Waals surface area contributed by atoms with Crippen molar-refractivity contribution in [3.63, 3.8) is 0 Å². The van der Waals surface area contributed by atoms with Crippen LogP contribution >= 0.6 is 0 Å². The van der Waals surface area contributed by atoms with Crippen LogP contribution in [0.2, 0.25) is 0 Å². The van der Waals surface area contributed by atoms with E-state index in [4.69, 9.17) is 4.74 Å². The summed E-state index contributed by atoms with van der Waals surface area (Å²) in [6.45, 7) is 3.33. The number of carbonyl (C=O) groups excluding carboxylic acids is 1. The Hall–Kier alpha value is -2.44. The Morgan fingerprint density at radius 3 is 3.00 bits per heavy atom. The number of pyridine rings is 1. The fraction of sp³-hybridized carbons (Fsp3) is 0.429. The maximum absolute atomic E-state index is 12.4. The third-order valence-electron chi connectivity index (χ3n) is 3.08. The summed E-state index contributed by atoms with van der Waals surface area (Å²) in [4.78, 5) is 18.0. The average Bonchev–Trinajstić information content (AvgIpc) is 2.94. The zero-order chi connectivity index (χ0) is 15.2. The predicted molar refractivity (Wildman–Crippen MR) is 76.9 cm³/mol. The molecule has 0 radical (unpaired) electrons. The lowest BCUT2D eigenvalue weighted by Crippen LogP contribution is -2.27. The molecule has 0 bridgehead atoms. The first-order chi connectivity index (χ1) is 10.2. The largest absolute Gasteiger partial charge is 0.481 e. The van der Waals surface area contributed by atoms with Gasteiger partial charge in [0, 0.05) is 31.4 Å². The number of nitrogens with zero attached hydrogens (tertiary/aromatic N) is 5. The second kappa shape index (κ2) is 6.83. The average molecular weight is 289 g/mol. The molecule has 0 N–H and O–H groups in total. The van der Waals surface area contributed by atoms with Crippen molar-refractivity contribution >= 4 is 5.91 Å².